The van der Waals surface area contributed by atoms with Crippen molar-refractivity contribution in [2.24, 2.45) is 5.92 Å². The summed E-state index contributed by atoms with van der Waals surface area (Å²) < 4.78 is 0. The van der Waals surface area contributed by atoms with E-state index in [1.807, 2.05) is 30.3 Å². The quantitative estimate of drug-likeness (QED) is 0.281. The maximum absolute atomic E-state index is 13.5. The largest absolute Gasteiger partial charge is 0.275 e. The molecule has 2 aliphatic rings. The Hall–Kier alpha value is -3.46. The molecule has 3 aromatic rings. The van der Waals surface area contributed by atoms with Gasteiger partial charge in [-0.25, -0.2) is 5.06 Å². The van der Waals surface area contributed by atoms with Crippen molar-refractivity contribution in [2.45, 2.75) is 18.7 Å². The van der Waals surface area contributed by atoms with Crippen LogP contribution in [-0.2, 0) is 21.0 Å². The third kappa shape index (κ3) is 3.79. The fraction of sp³-hybridized carbons (Fsp3) is 0.167. The summed E-state index contributed by atoms with van der Waals surface area (Å²) >= 11 is 12.6. The number of nitro groups is 1. The van der Waals surface area contributed by atoms with Gasteiger partial charge in [-0.2, -0.15) is 0 Å². The Morgan fingerprint density at radius 3 is 2.41 bits per heavy atom. The molecule has 5 rings (SSSR count). The first-order valence-corrected chi connectivity index (χ1v) is 11.2. The van der Waals surface area contributed by atoms with E-state index in [-0.39, 0.29) is 12.2 Å². The van der Waals surface area contributed by atoms with Crippen molar-refractivity contribution in [3.05, 3.63) is 104 Å². The van der Waals surface area contributed by atoms with E-state index in [1.165, 1.54) is 28.2 Å². The van der Waals surface area contributed by atoms with Gasteiger partial charge in [0, 0.05) is 22.2 Å². The maximum atomic E-state index is 13.5. The van der Waals surface area contributed by atoms with Gasteiger partial charge in [0.2, 0.25) is 5.91 Å². The van der Waals surface area contributed by atoms with Crippen LogP contribution in [0.25, 0.3) is 0 Å². The summed E-state index contributed by atoms with van der Waals surface area (Å²) in [5.74, 6) is -1.76. The molecule has 0 aliphatic carbocycles. The van der Waals surface area contributed by atoms with Gasteiger partial charge in [0.25, 0.3) is 11.6 Å². The second kappa shape index (κ2) is 8.72. The zero-order chi connectivity index (χ0) is 24.0. The fourth-order valence-electron chi connectivity index (χ4n) is 4.42. The Morgan fingerprint density at radius 1 is 0.941 bits per heavy atom. The zero-order valence-corrected chi connectivity index (χ0v) is 19.0. The standard InChI is InChI=1S/C24H17Cl2N3O5/c25-15-9-10-18(19(26)11-15)21-20-22(34-28(21)16-7-4-8-17(12-16)29(32)33)24(31)27(23(20)30)13-14-5-2-1-3-6-14/h1-12,20-22H,13H2/t20-,21+,22+/m1/s1. The molecule has 34 heavy (non-hydrogen) atoms. The molecule has 3 atom stereocenters. The van der Waals surface area contributed by atoms with E-state index >= 15 is 0 Å². The number of nitro benzene ring substituents is 1. The Labute approximate surface area is 204 Å². The number of carbonyl (C=O) groups is 2. The average Bonchev–Trinajstić information content (AvgIpc) is 3.32. The summed E-state index contributed by atoms with van der Waals surface area (Å²) in [5.41, 5.74) is 1.51. The number of hydroxylamine groups is 1. The van der Waals surface area contributed by atoms with Crippen LogP contribution in [0, 0.1) is 16.0 Å². The lowest BCUT2D eigenvalue weighted by atomic mass is 9.90. The fourth-order valence-corrected chi connectivity index (χ4v) is 4.94. The molecule has 0 aromatic heterocycles. The molecule has 8 nitrogen and oxygen atoms in total. The third-order valence-corrected chi connectivity index (χ3v) is 6.53. The number of fused-ring (bicyclic) bond motifs is 1. The van der Waals surface area contributed by atoms with Crippen molar-refractivity contribution >= 4 is 46.4 Å². The predicted octanol–water partition coefficient (Wildman–Crippen LogP) is 4.95. The normalized spacial score (nSPS) is 21.8. The number of hydrogen-bond acceptors (Lipinski definition) is 6. The van der Waals surface area contributed by atoms with Crippen LogP contribution in [0.1, 0.15) is 17.2 Å². The number of carbonyl (C=O) groups excluding carboxylic acids is 2. The van der Waals surface area contributed by atoms with Crippen LogP contribution in [0.15, 0.2) is 72.8 Å². The Bertz CT molecular complexity index is 1300. The average molecular weight is 498 g/mol. The van der Waals surface area contributed by atoms with Crippen LogP contribution in [0.5, 0.6) is 0 Å². The molecule has 2 fully saturated rings. The molecular formula is C24H17Cl2N3O5. The monoisotopic (exact) mass is 497 g/mol. The number of amides is 2. The molecule has 2 heterocycles. The third-order valence-electron chi connectivity index (χ3n) is 5.97. The minimum absolute atomic E-state index is 0.118. The van der Waals surface area contributed by atoms with Gasteiger partial charge in [-0.05, 0) is 29.3 Å². The van der Waals surface area contributed by atoms with Crippen LogP contribution in [0.4, 0.5) is 11.4 Å². The van der Waals surface area contributed by atoms with Gasteiger partial charge in [0.15, 0.2) is 6.10 Å². The number of imide groups is 1. The lowest BCUT2D eigenvalue weighted by molar-refractivity contribution is -0.384. The summed E-state index contributed by atoms with van der Waals surface area (Å²) in [5, 5.41) is 13.4. The number of likely N-dealkylation sites (tertiary alicyclic amines) is 1. The molecule has 172 valence electrons. The molecule has 0 unspecified atom stereocenters. The van der Waals surface area contributed by atoms with Crippen LogP contribution >= 0.6 is 23.2 Å². The Morgan fingerprint density at radius 2 is 1.71 bits per heavy atom. The highest BCUT2D eigenvalue weighted by Gasteiger charge is 2.60. The maximum Gasteiger partial charge on any atom is 0.271 e. The lowest BCUT2D eigenvalue weighted by Crippen LogP contribution is -2.37. The van der Waals surface area contributed by atoms with E-state index in [1.54, 1.807) is 24.3 Å². The minimum Gasteiger partial charge on any atom is -0.275 e. The second-order valence-electron chi connectivity index (χ2n) is 8.01. The number of nitrogens with zero attached hydrogens (tertiary/aromatic N) is 3. The summed E-state index contributed by atoms with van der Waals surface area (Å²) in [6.07, 6.45) is -1.09. The van der Waals surface area contributed by atoms with E-state index in [0.29, 0.717) is 21.3 Å². The van der Waals surface area contributed by atoms with E-state index in [9.17, 15) is 19.7 Å². The number of rotatable bonds is 5. The van der Waals surface area contributed by atoms with Crippen LogP contribution in [-0.4, -0.2) is 27.7 Å². The molecule has 0 radical (unpaired) electrons. The molecule has 0 N–H and O–H groups in total. The lowest BCUT2D eigenvalue weighted by Gasteiger charge is -2.29. The van der Waals surface area contributed by atoms with Gasteiger partial charge in [0.1, 0.15) is 5.92 Å². The highest BCUT2D eigenvalue weighted by molar-refractivity contribution is 6.35. The molecule has 10 heteroatoms. The van der Waals surface area contributed by atoms with Crippen LogP contribution in [0.3, 0.4) is 0 Å². The highest BCUT2D eigenvalue weighted by Crippen LogP contribution is 2.49. The van der Waals surface area contributed by atoms with Gasteiger partial charge >= 0.3 is 0 Å². The second-order valence-corrected chi connectivity index (χ2v) is 8.86. The summed E-state index contributed by atoms with van der Waals surface area (Å²) in [6.45, 7) is 0.118. The number of anilines is 1. The smallest absolute Gasteiger partial charge is 0.271 e. The van der Waals surface area contributed by atoms with E-state index in [4.69, 9.17) is 28.0 Å². The molecule has 2 saturated heterocycles. The van der Waals surface area contributed by atoms with Crippen molar-refractivity contribution in [3.8, 4) is 0 Å². The van der Waals surface area contributed by atoms with Crippen molar-refractivity contribution in [1.82, 2.24) is 4.90 Å². The SMILES string of the molecule is O=C1[C@H]2[C@H](ON(c3cccc([N+](=O)[O-])c3)[C@H]2c2ccc(Cl)cc2Cl)C(=O)N1Cc1ccccc1. The number of hydrogen-bond donors (Lipinski definition) is 0. The number of halogens is 2. The van der Waals surface area contributed by atoms with Gasteiger partial charge in [-0.1, -0.05) is 65.7 Å². The van der Waals surface area contributed by atoms with Crippen LogP contribution < -0.4 is 5.06 Å². The molecule has 2 amide bonds. The Balaban J connectivity index is 1.57. The first kappa shape index (κ1) is 22.3. The minimum atomic E-state index is -1.09. The van der Waals surface area contributed by atoms with Crippen molar-refractivity contribution in [3.63, 3.8) is 0 Å². The summed E-state index contributed by atoms with van der Waals surface area (Å²) in [6, 6.07) is 19.0. The van der Waals surface area contributed by atoms with E-state index in [0.717, 1.165) is 5.56 Å². The molecule has 0 spiro atoms. The van der Waals surface area contributed by atoms with Crippen molar-refractivity contribution in [2.75, 3.05) is 5.06 Å². The van der Waals surface area contributed by atoms with E-state index in [2.05, 4.69) is 0 Å². The first-order valence-electron chi connectivity index (χ1n) is 10.4. The van der Waals surface area contributed by atoms with Crippen molar-refractivity contribution in [1.29, 1.82) is 0 Å². The van der Waals surface area contributed by atoms with Gasteiger partial charge < -0.3 is 0 Å². The molecule has 3 aromatic carbocycles. The molecular weight excluding hydrogens is 481 g/mol. The topological polar surface area (TPSA) is 93.0 Å². The summed E-state index contributed by atoms with van der Waals surface area (Å²) in [7, 11) is 0. The molecule has 0 saturated carbocycles. The zero-order valence-electron chi connectivity index (χ0n) is 17.5. The van der Waals surface area contributed by atoms with Crippen LogP contribution in [0.2, 0.25) is 10.0 Å². The number of non-ortho nitro benzene ring substituents is 1. The highest BCUT2D eigenvalue weighted by atomic mass is 35.5. The van der Waals surface area contributed by atoms with Crippen molar-refractivity contribution < 1.29 is 19.3 Å². The summed E-state index contributed by atoms with van der Waals surface area (Å²) in [4.78, 5) is 44.8. The predicted molar refractivity (Wildman–Crippen MR) is 125 cm³/mol. The van der Waals surface area contributed by atoms with Gasteiger partial charge in [-0.3, -0.25) is 29.4 Å². The van der Waals surface area contributed by atoms with E-state index < -0.39 is 34.8 Å². The number of benzene rings is 3. The first-order chi connectivity index (χ1) is 16.3. The van der Waals surface area contributed by atoms with Gasteiger partial charge in [-0.15, -0.1) is 0 Å². The van der Waals surface area contributed by atoms with Gasteiger partial charge in [0.05, 0.1) is 23.2 Å². The molecule has 2 aliphatic heterocycles. The molecule has 0 bridgehead atoms. The Kier molecular flexibility index (Phi) is 5.73.